The third-order valence-electron chi connectivity index (χ3n) is 8.53. The smallest absolute Gasteiger partial charge is 0.311 e. The molecule has 0 aliphatic heterocycles. The first-order valence-corrected chi connectivity index (χ1v) is 12.8. The molecule has 5 heteroatoms. The van der Waals surface area contributed by atoms with Crippen LogP contribution in [0.1, 0.15) is 91.2 Å². The molecule has 0 amide bonds. The molecule has 0 heterocycles. The zero-order valence-electron chi connectivity index (χ0n) is 22.2. The van der Waals surface area contributed by atoms with Crippen molar-refractivity contribution in [2.24, 2.45) is 28.1 Å². The topological polar surface area (TPSA) is 61.8 Å². The second kappa shape index (κ2) is 8.57. The molecule has 2 fully saturated rings. The van der Waals surface area contributed by atoms with Gasteiger partial charge in [-0.25, -0.2) is 0 Å². The first-order chi connectivity index (χ1) is 15.8. The molecule has 1 aromatic carbocycles. The van der Waals surface area contributed by atoms with Crippen molar-refractivity contribution in [2.45, 2.75) is 98.7 Å². The molecule has 5 nitrogen and oxygen atoms in total. The summed E-state index contributed by atoms with van der Waals surface area (Å²) in [6.45, 7) is 13.7. The summed E-state index contributed by atoms with van der Waals surface area (Å²) in [5.74, 6) is 1.56. The summed E-state index contributed by atoms with van der Waals surface area (Å²) in [6.07, 6.45) is 4.31. The molecule has 3 aliphatic carbocycles. The van der Waals surface area contributed by atoms with Crippen LogP contribution in [0.5, 0.6) is 5.75 Å². The largest absolute Gasteiger partial charge is 0.497 e. The van der Waals surface area contributed by atoms with Gasteiger partial charge >= 0.3 is 11.9 Å². The van der Waals surface area contributed by atoms with Crippen LogP contribution in [0.25, 0.3) is 0 Å². The summed E-state index contributed by atoms with van der Waals surface area (Å²) < 4.78 is 18.0. The highest BCUT2D eigenvalue weighted by atomic mass is 16.6. The van der Waals surface area contributed by atoms with E-state index in [0.29, 0.717) is 18.3 Å². The Morgan fingerprint density at radius 3 is 2.21 bits per heavy atom. The molecule has 4 rings (SSSR count). The number of esters is 2. The fraction of sp³-hybridized carbons (Fsp3) is 0.724. The fourth-order valence-electron chi connectivity index (χ4n) is 6.61. The van der Waals surface area contributed by atoms with E-state index in [0.717, 1.165) is 31.4 Å². The number of ether oxygens (including phenoxy) is 3. The lowest BCUT2D eigenvalue weighted by molar-refractivity contribution is -0.180. The van der Waals surface area contributed by atoms with Crippen LogP contribution in [-0.4, -0.2) is 31.3 Å². The van der Waals surface area contributed by atoms with Gasteiger partial charge in [0.05, 0.1) is 17.9 Å². The Kier molecular flexibility index (Phi) is 6.31. The molecule has 2 saturated carbocycles. The number of benzene rings is 1. The van der Waals surface area contributed by atoms with Gasteiger partial charge in [-0.2, -0.15) is 0 Å². The van der Waals surface area contributed by atoms with Gasteiger partial charge in [-0.15, -0.1) is 0 Å². The Labute approximate surface area is 204 Å². The Bertz CT molecular complexity index is 952. The Balaban J connectivity index is 1.71. The van der Waals surface area contributed by atoms with Crippen molar-refractivity contribution in [3.8, 4) is 5.75 Å². The molecule has 0 saturated heterocycles. The maximum Gasteiger partial charge on any atom is 0.311 e. The summed E-state index contributed by atoms with van der Waals surface area (Å²) in [4.78, 5) is 25.9. The molecule has 0 bridgehead atoms. The molecule has 3 aliphatic rings. The van der Waals surface area contributed by atoms with Crippen LogP contribution in [0.4, 0.5) is 0 Å². The maximum absolute atomic E-state index is 13.1. The van der Waals surface area contributed by atoms with Gasteiger partial charge in [0, 0.05) is 11.3 Å². The highest BCUT2D eigenvalue weighted by Crippen LogP contribution is 2.62. The first-order valence-electron chi connectivity index (χ1n) is 12.8. The number of rotatable bonds is 3. The minimum atomic E-state index is -0.571. The predicted octanol–water partition coefficient (Wildman–Crippen LogP) is 6.08. The zero-order valence-corrected chi connectivity index (χ0v) is 22.2. The van der Waals surface area contributed by atoms with Crippen molar-refractivity contribution in [2.75, 3.05) is 7.11 Å². The van der Waals surface area contributed by atoms with Gasteiger partial charge < -0.3 is 14.2 Å². The van der Waals surface area contributed by atoms with Crippen LogP contribution >= 0.6 is 0 Å². The van der Waals surface area contributed by atoms with E-state index in [4.69, 9.17) is 14.2 Å². The molecule has 34 heavy (non-hydrogen) atoms. The summed E-state index contributed by atoms with van der Waals surface area (Å²) in [7, 11) is 1.70. The van der Waals surface area contributed by atoms with Crippen LogP contribution in [-0.2, 0) is 25.5 Å². The normalized spacial score (nSPS) is 32.8. The van der Waals surface area contributed by atoms with Crippen molar-refractivity contribution >= 4 is 11.9 Å². The van der Waals surface area contributed by atoms with E-state index in [1.54, 1.807) is 7.11 Å². The van der Waals surface area contributed by atoms with Gasteiger partial charge in [0.25, 0.3) is 0 Å². The molecular weight excluding hydrogens is 428 g/mol. The van der Waals surface area contributed by atoms with E-state index < -0.39 is 10.8 Å². The van der Waals surface area contributed by atoms with E-state index in [9.17, 15) is 9.59 Å². The lowest BCUT2D eigenvalue weighted by atomic mass is 9.54. The standard InChI is InChI=1S/C29H42O5/c1-27(2,3)25(30)33-22-16-29(7)21(13-14-23(29)34-26(31)28(4,5)6)20-11-9-17-15-18(32-8)10-12-19(17)24(20)22/h10,12,15,20-24H,9,11,13-14,16H2,1-8H3/t20-,21-,22+,23-,24+,29-/m0/s1. The first kappa shape index (κ1) is 25.1. The summed E-state index contributed by atoms with van der Waals surface area (Å²) in [5, 5.41) is 0. The number of fused-ring (bicyclic) bond motifs is 5. The van der Waals surface area contributed by atoms with Gasteiger partial charge in [0.15, 0.2) is 0 Å². The minimum absolute atomic E-state index is 0.140. The van der Waals surface area contributed by atoms with Gasteiger partial charge in [-0.05, 0) is 109 Å². The quantitative estimate of drug-likeness (QED) is 0.501. The van der Waals surface area contributed by atoms with Gasteiger partial charge in [-0.3, -0.25) is 9.59 Å². The van der Waals surface area contributed by atoms with Crippen molar-refractivity contribution in [1.29, 1.82) is 0 Å². The van der Waals surface area contributed by atoms with Gasteiger partial charge in [0.1, 0.15) is 18.0 Å². The van der Waals surface area contributed by atoms with Crippen molar-refractivity contribution < 1.29 is 23.8 Å². The van der Waals surface area contributed by atoms with E-state index >= 15 is 0 Å². The molecule has 188 valence electrons. The second-order valence-corrected chi connectivity index (χ2v) is 13.0. The lowest BCUT2D eigenvalue weighted by Gasteiger charge is -2.53. The zero-order chi connectivity index (χ0) is 25.1. The Hall–Kier alpha value is -2.04. The summed E-state index contributed by atoms with van der Waals surface area (Å²) >= 11 is 0. The molecule has 0 spiro atoms. The SMILES string of the molecule is COc1ccc2c(c1)CC[C@@H]1[C@@H]2[C@H](OC(=O)C(C)(C)C)C[C@]2(C)[C@@H](OC(=O)C(C)(C)C)CC[C@@H]12. The minimum Gasteiger partial charge on any atom is -0.497 e. The molecule has 1 aromatic rings. The Morgan fingerprint density at radius 1 is 0.941 bits per heavy atom. The van der Waals surface area contributed by atoms with Crippen LogP contribution < -0.4 is 4.74 Å². The maximum atomic E-state index is 13.1. The number of hydrogen-bond donors (Lipinski definition) is 0. The monoisotopic (exact) mass is 470 g/mol. The van der Waals surface area contributed by atoms with Gasteiger partial charge in [-0.1, -0.05) is 13.0 Å². The van der Waals surface area contributed by atoms with Crippen LogP contribution in [0, 0.1) is 28.1 Å². The van der Waals surface area contributed by atoms with Crippen LogP contribution in [0.15, 0.2) is 18.2 Å². The third-order valence-corrected chi connectivity index (χ3v) is 8.53. The fourth-order valence-corrected chi connectivity index (χ4v) is 6.61. The molecule has 0 N–H and O–H groups in total. The third kappa shape index (κ3) is 4.35. The van der Waals surface area contributed by atoms with Crippen molar-refractivity contribution in [3.05, 3.63) is 29.3 Å². The molecule has 6 atom stereocenters. The number of methoxy groups -OCH3 is 1. The molecule has 0 radical (unpaired) electrons. The van der Waals surface area contributed by atoms with Gasteiger partial charge in [0.2, 0.25) is 0 Å². The molecular formula is C29H42O5. The van der Waals surface area contributed by atoms with E-state index in [1.165, 1.54) is 11.1 Å². The van der Waals surface area contributed by atoms with E-state index in [-0.39, 0.29) is 35.5 Å². The summed E-state index contributed by atoms with van der Waals surface area (Å²) in [5.41, 5.74) is 1.29. The highest BCUT2D eigenvalue weighted by molar-refractivity contribution is 5.76. The highest BCUT2D eigenvalue weighted by Gasteiger charge is 2.60. The van der Waals surface area contributed by atoms with E-state index in [2.05, 4.69) is 19.1 Å². The number of hydrogen-bond acceptors (Lipinski definition) is 5. The number of carbonyl (C=O) groups excluding carboxylic acids is 2. The molecule has 0 aromatic heterocycles. The van der Waals surface area contributed by atoms with E-state index in [1.807, 2.05) is 47.6 Å². The number of aryl methyl sites for hydroxylation is 1. The van der Waals surface area contributed by atoms with Crippen LogP contribution in [0.3, 0.4) is 0 Å². The second-order valence-electron chi connectivity index (χ2n) is 13.0. The molecule has 0 unspecified atom stereocenters. The van der Waals surface area contributed by atoms with Crippen molar-refractivity contribution in [1.82, 2.24) is 0 Å². The summed E-state index contributed by atoms with van der Waals surface area (Å²) in [6, 6.07) is 6.35. The predicted molar refractivity (Wildman–Crippen MR) is 132 cm³/mol. The number of carbonyl (C=O) groups is 2. The lowest BCUT2D eigenvalue weighted by Crippen LogP contribution is -2.52. The Morgan fingerprint density at radius 2 is 1.59 bits per heavy atom. The average Bonchev–Trinajstić information content (AvgIpc) is 3.07. The van der Waals surface area contributed by atoms with Crippen LogP contribution in [0.2, 0.25) is 0 Å². The van der Waals surface area contributed by atoms with Crippen molar-refractivity contribution in [3.63, 3.8) is 0 Å². The average molecular weight is 471 g/mol.